The molecule has 3 rings (SSSR count). The Morgan fingerprint density at radius 1 is 1.21 bits per heavy atom. The highest BCUT2D eigenvalue weighted by molar-refractivity contribution is 6.61. The molecule has 0 bridgehead atoms. The Kier molecular flexibility index (Phi) is 4.64. The summed E-state index contributed by atoms with van der Waals surface area (Å²) >= 11 is 0. The molecule has 0 amide bonds. The molecule has 24 heavy (non-hydrogen) atoms. The van der Waals surface area contributed by atoms with E-state index in [9.17, 15) is 14.8 Å². The van der Waals surface area contributed by atoms with Gasteiger partial charge >= 0.3 is 13.1 Å². The van der Waals surface area contributed by atoms with Crippen LogP contribution in [-0.2, 0) is 17.7 Å². The van der Waals surface area contributed by atoms with Crippen molar-refractivity contribution in [2.24, 2.45) is 0 Å². The Balaban J connectivity index is 1.74. The summed E-state index contributed by atoms with van der Waals surface area (Å²) in [4.78, 5) is 11.4. The number of fused-ring (bicyclic) bond motifs is 1. The highest BCUT2D eigenvalue weighted by Crippen LogP contribution is 2.12. The molecule has 0 aliphatic carbocycles. The molecule has 0 fully saturated rings. The summed E-state index contributed by atoms with van der Waals surface area (Å²) in [6.45, 7) is 0.646. The highest BCUT2D eigenvalue weighted by atomic mass is 16.5. The van der Waals surface area contributed by atoms with Crippen LogP contribution in [0.5, 0.6) is 0 Å². The number of aryl methyl sites for hydroxylation is 2. The van der Waals surface area contributed by atoms with E-state index in [-0.39, 0.29) is 5.97 Å². The first-order valence-electron chi connectivity index (χ1n) is 7.58. The molecule has 0 aliphatic heterocycles. The van der Waals surface area contributed by atoms with Crippen molar-refractivity contribution in [3.63, 3.8) is 0 Å². The molecule has 2 N–H and O–H groups in total. The van der Waals surface area contributed by atoms with E-state index < -0.39 is 7.12 Å². The summed E-state index contributed by atoms with van der Waals surface area (Å²) in [5, 5.41) is 24.0. The lowest BCUT2D eigenvalue weighted by atomic mass is 9.78. The van der Waals surface area contributed by atoms with Crippen molar-refractivity contribution >= 4 is 29.5 Å². The van der Waals surface area contributed by atoms with Gasteiger partial charge in [0, 0.05) is 18.1 Å². The van der Waals surface area contributed by atoms with Gasteiger partial charge in [0.25, 0.3) is 0 Å². The second-order valence-electron chi connectivity index (χ2n) is 5.48. The molecule has 1 aromatic heterocycles. The standard InChI is InChI=1S/C17H17BN2O4/c1-24-17(21)13-7-5-12(6-8-13)9-10-20-11-14-15(18(22)23)3-2-4-16(14)19-20/h2-8,11,22-23H,9-10H2,1H3. The third kappa shape index (κ3) is 3.32. The van der Waals surface area contributed by atoms with E-state index in [2.05, 4.69) is 9.84 Å². The quantitative estimate of drug-likeness (QED) is 0.534. The predicted molar refractivity (Wildman–Crippen MR) is 91.0 cm³/mol. The van der Waals surface area contributed by atoms with E-state index in [4.69, 9.17) is 0 Å². The molecule has 0 saturated heterocycles. The first-order chi connectivity index (χ1) is 11.6. The van der Waals surface area contributed by atoms with Gasteiger partial charge in [0.05, 0.1) is 18.2 Å². The molecule has 6 nitrogen and oxygen atoms in total. The van der Waals surface area contributed by atoms with Crippen molar-refractivity contribution in [1.29, 1.82) is 0 Å². The van der Waals surface area contributed by atoms with Crippen LogP contribution in [0.2, 0.25) is 0 Å². The van der Waals surface area contributed by atoms with Crippen molar-refractivity contribution in [3.8, 4) is 0 Å². The Hall–Kier alpha value is -2.64. The largest absolute Gasteiger partial charge is 0.489 e. The number of ether oxygens (including phenoxy) is 1. The monoisotopic (exact) mass is 324 g/mol. The Morgan fingerprint density at radius 2 is 1.96 bits per heavy atom. The number of carbonyl (C=O) groups is 1. The summed E-state index contributed by atoms with van der Waals surface area (Å²) in [7, 11) is -0.159. The molecule has 0 radical (unpaired) electrons. The molecule has 0 spiro atoms. The zero-order chi connectivity index (χ0) is 17.1. The molecule has 0 saturated carbocycles. The van der Waals surface area contributed by atoms with E-state index >= 15 is 0 Å². The molecule has 2 aromatic carbocycles. The Labute approximate surface area is 139 Å². The number of aromatic nitrogens is 2. The van der Waals surface area contributed by atoms with E-state index in [0.29, 0.717) is 17.6 Å². The Morgan fingerprint density at radius 3 is 2.62 bits per heavy atom. The van der Waals surface area contributed by atoms with Crippen LogP contribution >= 0.6 is 0 Å². The lowest BCUT2D eigenvalue weighted by Crippen LogP contribution is -2.30. The van der Waals surface area contributed by atoms with Crippen LogP contribution in [0.1, 0.15) is 15.9 Å². The summed E-state index contributed by atoms with van der Waals surface area (Å²) in [5.74, 6) is -0.352. The molecule has 1 heterocycles. The van der Waals surface area contributed by atoms with Gasteiger partial charge in [-0.25, -0.2) is 4.79 Å². The smallest absolute Gasteiger partial charge is 0.465 e. The number of esters is 1. The van der Waals surface area contributed by atoms with Crippen LogP contribution in [0.3, 0.4) is 0 Å². The molecule has 0 aliphatic rings. The van der Waals surface area contributed by atoms with Crippen LogP contribution < -0.4 is 5.46 Å². The number of hydrogen-bond acceptors (Lipinski definition) is 5. The summed E-state index contributed by atoms with van der Waals surface area (Å²) in [6, 6.07) is 12.5. The van der Waals surface area contributed by atoms with Gasteiger partial charge in [0.15, 0.2) is 0 Å². The fourth-order valence-corrected chi connectivity index (χ4v) is 2.62. The lowest BCUT2D eigenvalue weighted by Gasteiger charge is -2.04. The lowest BCUT2D eigenvalue weighted by molar-refractivity contribution is 0.0600. The number of hydrogen-bond donors (Lipinski definition) is 2. The zero-order valence-electron chi connectivity index (χ0n) is 13.2. The van der Waals surface area contributed by atoms with Crippen molar-refractivity contribution in [1.82, 2.24) is 9.78 Å². The van der Waals surface area contributed by atoms with Crippen molar-refractivity contribution in [2.45, 2.75) is 13.0 Å². The highest BCUT2D eigenvalue weighted by Gasteiger charge is 2.16. The van der Waals surface area contributed by atoms with Gasteiger partial charge in [-0.3, -0.25) is 4.68 Å². The summed E-state index contributed by atoms with van der Waals surface area (Å²) in [5.41, 5.74) is 2.76. The summed E-state index contributed by atoms with van der Waals surface area (Å²) in [6.07, 6.45) is 2.55. The van der Waals surface area contributed by atoms with Gasteiger partial charge < -0.3 is 14.8 Å². The Bertz CT molecular complexity index is 859. The van der Waals surface area contributed by atoms with Gasteiger partial charge in [0.2, 0.25) is 0 Å². The molecule has 0 atom stereocenters. The van der Waals surface area contributed by atoms with Crippen LogP contribution in [0.4, 0.5) is 0 Å². The fourth-order valence-electron chi connectivity index (χ4n) is 2.62. The predicted octanol–water partition coefficient (Wildman–Crippen LogP) is 0.745. The third-order valence-corrected chi connectivity index (χ3v) is 3.91. The van der Waals surface area contributed by atoms with Crippen molar-refractivity contribution in [2.75, 3.05) is 7.11 Å². The summed E-state index contributed by atoms with van der Waals surface area (Å²) < 4.78 is 6.46. The normalized spacial score (nSPS) is 10.8. The van der Waals surface area contributed by atoms with Crippen LogP contribution in [0.25, 0.3) is 10.9 Å². The number of rotatable bonds is 5. The number of carbonyl (C=O) groups excluding carboxylic acids is 1. The second-order valence-corrected chi connectivity index (χ2v) is 5.48. The van der Waals surface area contributed by atoms with Crippen molar-refractivity contribution in [3.05, 3.63) is 59.8 Å². The molecule has 3 aromatic rings. The average Bonchev–Trinajstić information content (AvgIpc) is 3.02. The average molecular weight is 324 g/mol. The van der Waals surface area contributed by atoms with Gasteiger partial charge in [-0.05, 0) is 35.6 Å². The van der Waals surface area contributed by atoms with Crippen molar-refractivity contribution < 1.29 is 19.6 Å². The number of benzene rings is 2. The second kappa shape index (κ2) is 6.86. The van der Waals surface area contributed by atoms with Crippen LogP contribution in [-0.4, -0.2) is 40.0 Å². The maximum absolute atomic E-state index is 11.4. The van der Waals surface area contributed by atoms with Gasteiger partial charge in [-0.15, -0.1) is 0 Å². The molecule has 0 unspecified atom stereocenters. The van der Waals surface area contributed by atoms with E-state index in [0.717, 1.165) is 22.9 Å². The first kappa shape index (κ1) is 16.2. The fraction of sp³-hybridized carbons (Fsp3) is 0.176. The van der Waals surface area contributed by atoms with Gasteiger partial charge in [0.1, 0.15) is 0 Å². The number of nitrogens with zero attached hydrogens (tertiary/aromatic N) is 2. The van der Waals surface area contributed by atoms with Crippen LogP contribution in [0.15, 0.2) is 48.7 Å². The van der Waals surface area contributed by atoms with E-state index in [1.807, 2.05) is 24.4 Å². The van der Waals surface area contributed by atoms with Gasteiger partial charge in [-0.1, -0.05) is 24.3 Å². The minimum atomic E-state index is -1.52. The SMILES string of the molecule is COC(=O)c1ccc(CCn2cc3c(B(O)O)cccc3n2)cc1. The maximum Gasteiger partial charge on any atom is 0.489 e. The molecule has 7 heteroatoms. The van der Waals surface area contributed by atoms with E-state index in [1.165, 1.54) is 7.11 Å². The topological polar surface area (TPSA) is 84.6 Å². The number of methoxy groups -OCH3 is 1. The zero-order valence-corrected chi connectivity index (χ0v) is 13.2. The van der Waals surface area contributed by atoms with E-state index in [1.54, 1.807) is 28.9 Å². The molecular formula is C17H17BN2O4. The third-order valence-electron chi connectivity index (χ3n) is 3.91. The first-order valence-corrected chi connectivity index (χ1v) is 7.58. The molecule has 122 valence electrons. The maximum atomic E-state index is 11.4. The minimum absolute atomic E-state index is 0.352. The van der Waals surface area contributed by atoms with Gasteiger partial charge in [-0.2, -0.15) is 5.10 Å². The van der Waals surface area contributed by atoms with Crippen LogP contribution in [0, 0.1) is 0 Å². The molecular weight excluding hydrogens is 307 g/mol. The minimum Gasteiger partial charge on any atom is -0.465 e.